The molecule has 2 nitrogen and oxygen atoms in total. The van der Waals surface area contributed by atoms with E-state index in [1.54, 1.807) is 7.11 Å². The average Bonchev–Trinajstić information content (AvgIpc) is 2.03. The summed E-state index contributed by atoms with van der Waals surface area (Å²) < 4.78 is 5.21. The summed E-state index contributed by atoms with van der Waals surface area (Å²) in [6, 6.07) is 0. The smallest absolute Gasteiger partial charge is 0.0775 e. The van der Waals surface area contributed by atoms with Crippen LogP contribution in [0.4, 0.5) is 0 Å². The third-order valence-electron chi connectivity index (χ3n) is 1.76. The van der Waals surface area contributed by atoms with E-state index in [1.807, 2.05) is 13.0 Å². The molecule has 0 aromatic carbocycles. The summed E-state index contributed by atoms with van der Waals surface area (Å²) >= 11 is 0. The number of hydrogen-bond acceptors (Lipinski definition) is 2. The lowest BCUT2D eigenvalue weighted by Gasteiger charge is -2.13. The van der Waals surface area contributed by atoms with Crippen LogP contribution in [-0.4, -0.2) is 24.9 Å². The van der Waals surface area contributed by atoms with E-state index in [2.05, 4.69) is 6.92 Å². The van der Waals surface area contributed by atoms with Crippen LogP contribution in [0.25, 0.3) is 0 Å². The zero-order valence-electron chi connectivity index (χ0n) is 7.63. The number of rotatable bonds is 5. The monoisotopic (exact) mass is 158 g/mol. The molecular formula is C9H18O2. The Morgan fingerprint density at radius 2 is 2.27 bits per heavy atom. The lowest BCUT2D eigenvalue weighted by molar-refractivity contribution is 0.128. The van der Waals surface area contributed by atoms with E-state index in [9.17, 15) is 0 Å². The Balaban J connectivity index is 3.85. The van der Waals surface area contributed by atoms with Gasteiger partial charge >= 0.3 is 0 Å². The Kier molecular flexibility index (Phi) is 6.18. The third-order valence-corrected chi connectivity index (χ3v) is 1.76. The van der Waals surface area contributed by atoms with Crippen LogP contribution >= 0.6 is 0 Å². The van der Waals surface area contributed by atoms with Crippen molar-refractivity contribution in [1.82, 2.24) is 0 Å². The quantitative estimate of drug-likeness (QED) is 0.617. The van der Waals surface area contributed by atoms with Crippen molar-refractivity contribution in [3.63, 3.8) is 0 Å². The van der Waals surface area contributed by atoms with Crippen LogP contribution in [0.15, 0.2) is 11.6 Å². The maximum atomic E-state index is 8.56. The van der Waals surface area contributed by atoms with Crippen LogP contribution in [0.2, 0.25) is 0 Å². The molecule has 0 amide bonds. The molecule has 0 aliphatic carbocycles. The molecule has 0 heterocycles. The molecule has 0 rings (SSSR count). The Morgan fingerprint density at radius 1 is 1.64 bits per heavy atom. The second-order valence-electron chi connectivity index (χ2n) is 2.59. The van der Waals surface area contributed by atoms with Gasteiger partial charge in [-0.15, -0.1) is 0 Å². The standard InChI is InChI=1S/C9H18O2/c1-4-9(11-3)8(2)6-5-7-10/h6,9-10H,4-5,7H2,1-3H3/b8-6+. The molecule has 0 spiro atoms. The van der Waals surface area contributed by atoms with Gasteiger partial charge in [-0.3, -0.25) is 0 Å². The topological polar surface area (TPSA) is 29.5 Å². The van der Waals surface area contributed by atoms with Crippen LogP contribution in [0, 0.1) is 0 Å². The fraction of sp³-hybridized carbons (Fsp3) is 0.778. The summed E-state index contributed by atoms with van der Waals surface area (Å²) in [6.45, 7) is 4.34. The first-order valence-electron chi connectivity index (χ1n) is 4.06. The fourth-order valence-corrected chi connectivity index (χ4v) is 1.10. The Bertz CT molecular complexity index is 115. The van der Waals surface area contributed by atoms with Crippen LogP contribution in [0.5, 0.6) is 0 Å². The summed E-state index contributed by atoms with van der Waals surface area (Å²) in [5.41, 5.74) is 1.21. The second kappa shape index (κ2) is 6.38. The van der Waals surface area contributed by atoms with Crippen molar-refractivity contribution in [2.24, 2.45) is 0 Å². The SMILES string of the molecule is CCC(OC)/C(C)=C/CCO. The zero-order valence-corrected chi connectivity index (χ0v) is 7.63. The largest absolute Gasteiger partial charge is 0.396 e. The molecule has 0 saturated heterocycles. The maximum absolute atomic E-state index is 8.56. The predicted octanol–water partition coefficient (Wildman–Crippen LogP) is 1.74. The van der Waals surface area contributed by atoms with Gasteiger partial charge in [-0.1, -0.05) is 13.0 Å². The highest BCUT2D eigenvalue weighted by molar-refractivity contribution is 5.04. The lowest BCUT2D eigenvalue weighted by atomic mass is 10.1. The molecule has 2 heteroatoms. The highest BCUT2D eigenvalue weighted by atomic mass is 16.5. The van der Waals surface area contributed by atoms with Crippen molar-refractivity contribution in [2.45, 2.75) is 32.8 Å². The molecule has 66 valence electrons. The van der Waals surface area contributed by atoms with Gasteiger partial charge in [0.05, 0.1) is 6.10 Å². The number of methoxy groups -OCH3 is 1. The summed E-state index contributed by atoms with van der Waals surface area (Å²) in [5, 5.41) is 8.56. The highest BCUT2D eigenvalue weighted by Gasteiger charge is 2.04. The first-order chi connectivity index (χ1) is 5.26. The van der Waals surface area contributed by atoms with Gasteiger partial charge in [0.1, 0.15) is 0 Å². The third kappa shape index (κ3) is 4.17. The van der Waals surface area contributed by atoms with E-state index in [0.717, 1.165) is 12.8 Å². The summed E-state index contributed by atoms with van der Waals surface area (Å²) in [6.07, 6.45) is 3.97. The van der Waals surface area contributed by atoms with Crippen molar-refractivity contribution in [1.29, 1.82) is 0 Å². The number of aliphatic hydroxyl groups excluding tert-OH is 1. The molecule has 0 radical (unpaired) electrons. The van der Waals surface area contributed by atoms with Gasteiger partial charge in [-0.25, -0.2) is 0 Å². The highest BCUT2D eigenvalue weighted by Crippen LogP contribution is 2.09. The minimum absolute atomic E-state index is 0.220. The summed E-state index contributed by atoms with van der Waals surface area (Å²) in [7, 11) is 1.71. The number of ether oxygens (including phenoxy) is 1. The van der Waals surface area contributed by atoms with Gasteiger partial charge < -0.3 is 9.84 Å². The minimum atomic E-state index is 0.220. The van der Waals surface area contributed by atoms with Gasteiger partial charge in [0.15, 0.2) is 0 Å². The second-order valence-corrected chi connectivity index (χ2v) is 2.59. The van der Waals surface area contributed by atoms with E-state index in [4.69, 9.17) is 9.84 Å². The van der Waals surface area contributed by atoms with Crippen molar-refractivity contribution < 1.29 is 9.84 Å². The van der Waals surface area contributed by atoms with Gasteiger partial charge in [0.25, 0.3) is 0 Å². The van der Waals surface area contributed by atoms with E-state index in [-0.39, 0.29) is 12.7 Å². The lowest BCUT2D eigenvalue weighted by Crippen LogP contribution is -2.10. The van der Waals surface area contributed by atoms with Gasteiger partial charge in [-0.2, -0.15) is 0 Å². The summed E-state index contributed by atoms with van der Waals surface area (Å²) in [5.74, 6) is 0. The van der Waals surface area contributed by atoms with Crippen LogP contribution in [-0.2, 0) is 4.74 Å². The molecule has 11 heavy (non-hydrogen) atoms. The van der Waals surface area contributed by atoms with Gasteiger partial charge in [-0.05, 0) is 25.3 Å². The molecule has 0 bridgehead atoms. The molecule has 0 fully saturated rings. The molecule has 0 aliphatic heterocycles. The first kappa shape index (κ1) is 10.7. The fourth-order valence-electron chi connectivity index (χ4n) is 1.10. The van der Waals surface area contributed by atoms with Crippen LogP contribution in [0.1, 0.15) is 26.7 Å². The molecular weight excluding hydrogens is 140 g/mol. The van der Waals surface area contributed by atoms with Crippen molar-refractivity contribution >= 4 is 0 Å². The first-order valence-corrected chi connectivity index (χ1v) is 4.06. The minimum Gasteiger partial charge on any atom is -0.396 e. The van der Waals surface area contributed by atoms with Gasteiger partial charge in [0, 0.05) is 13.7 Å². The molecule has 0 aromatic heterocycles. The summed E-state index contributed by atoms with van der Waals surface area (Å²) in [4.78, 5) is 0. The normalized spacial score (nSPS) is 15.1. The number of aliphatic hydroxyl groups is 1. The van der Waals surface area contributed by atoms with Crippen molar-refractivity contribution in [3.8, 4) is 0 Å². The molecule has 1 atom stereocenters. The number of hydrogen-bond donors (Lipinski definition) is 1. The van der Waals surface area contributed by atoms with Crippen LogP contribution in [0.3, 0.4) is 0 Å². The molecule has 0 saturated carbocycles. The Morgan fingerprint density at radius 3 is 2.64 bits per heavy atom. The van der Waals surface area contributed by atoms with E-state index in [1.165, 1.54) is 5.57 Å². The molecule has 0 aliphatic rings. The Labute approximate surface area is 68.9 Å². The molecule has 1 unspecified atom stereocenters. The molecule has 0 aromatic rings. The Hall–Kier alpha value is -0.340. The zero-order chi connectivity index (χ0) is 8.69. The predicted molar refractivity (Wildman–Crippen MR) is 46.5 cm³/mol. The van der Waals surface area contributed by atoms with E-state index < -0.39 is 0 Å². The van der Waals surface area contributed by atoms with Crippen molar-refractivity contribution in [3.05, 3.63) is 11.6 Å². The van der Waals surface area contributed by atoms with Crippen molar-refractivity contribution in [2.75, 3.05) is 13.7 Å². The average molecular weight is 158 g/mol. The maximum Gasteiger partial charge on any atom is 0.0775 e. The van der Waals surface area contributed by atoms with Crippen LogP contribution < -0.4 is 0 Å². The van der Waals surface area contributed by atoms with E-state index in [0.29, 0.717) is 0 Å². The van der Waals surface area contributed by atoms with E-state index >= 15 is 0 Å². The van der Waals surface area contributed by atoms with Gasteiger partial charge in [0.2, 0.25) is 0 Å². The molecule has 1 N–H and O–H groups in total.